The molecule has 3 amide bonds. The lowest BCUT2D eigenvalue weighted by Gasteiger charge is -2.44. The molecule has 2 aliphatic heterocycles. The maximum atomic E-state index is 13.5. The average molecular weight is 502 g/mol. The largest absolute Gasteiger partial charge is 0.465 e. The summed E-state index contributed by atoms with van der Waals surface area (Å²) in [4.78, 5) is 47.4. The first kappa shape index (κ1) is 24.5. The fourth-order valence-electron chi connectivity index (χ4n) is 5.24. The van der Waals surface area contributed by atoms with Gasteiger partial charge < -0.3 is 19.8 Å². The number of likely N-dealkylation sites (tertiary alicyclic amines) is 1. The minimum absolute atomic E-state index is 0.0524. The fraction of sp³-hybridized carbons (Fsp3) is 0.357. The number of benzene rings is 2. The minimum atomic E-state index is -0.963. The Bertz CT molecular complexity index is 1290. The SMILES string of the molecule is O=C(O)N1CCN(C(=O)N2CCC(Cn3cnc(-c4ccccc4)cc3=O)CC2)[C@H](c2ccccc2)C1. The number of hydrogen-bond donors (Lipinski definition) is 1. The fourth-order valence-corrected chi connectivity index (χ4v) is 5.24. The van der Waals surface area contributed by atoms with Gasteiger partial charge in [0.15, 0.2) is 0 Å². The van der Waals surface area contributed by atoms with Crippen LogP contribution in [0.25, 0.3) is 11.3 Å². The molecule has 192 valence electrons. The molecule has 1 aromatic heterocycles. The van der Waals surface area contributed by atoms with Crippen LogP contribution < -0.4 is 5.56 Å². The summed E-state index contributed by atoms with van der Waals surface area (Å²) in [5.74, 6) is 0.278. The van der Waals surface area contributed by atoms with Gasteiger partial charge in [0.05, 0.1) is 18.1 Å². The summed E-state index contributed by atoms with van der Waals surface area (Å²) in [5, 5.41) is 9.50. The molecule has 3 heterocycles. The number of aromatic nitrogens is 2. The van der Waals surface area contributed by atoms with E-state index in [2.05, 4.69) is 4.98 Å². The molecule has 0 radical (unpaired) electrons. The third-order valence-corrected chi connectivity index (χ3v) is 7.37. The molecular weight excluding hydrogens is 470 g/mol. The zero-order valence-electron chi connectivity index (χ0n) is 20.6. The van der Waals surface area contributed by atoms with E-state index in [4.69, 9.17) is 0 Å². The molecule has 0 saturated carbocycles. The molecule has 5 rings (SSSR count). The van der Waals surface area contributed by atoms with E-state index in [0.717, 1.165) is 24.0 Å². The molecule has 0 unspecified atom stereocenters. The maximum absolute atomic E-state index is 13.5. The smallest absolute Gasteiger partial charge is 0.407 e. The summed E-state index contributed by atoms with van der Waals surface area (Å²) >= 11 is 0. The summed E-state index contributed by atoms with van der Waals surface area (Å²) in [7, 11) is 0. The zero-order valence-corrected chi connectivity index (χ0v) is 20.6. The molecule has 2 aliphatic rings. The minimum Gasteiger partial charge on any atom is -0.465 e. The second-order valence-electron chi connectivity index (χ2n) is 9.69. The predicted molar refractivity (Wildman–Crippen MR) is 139 cm³/mol. The van der Waals surface area contributed by atoms with Gasteiger partial charge in [-0.05, 0) is 24.3 Å². The molecule has 3 aromatic rings. The number of rotatable bonds is 4. The van der Waals surface area contributed by atoms with Crippen molar-refractivity contribution in [2.75, 3.05) is 32.7 Å². The monoisotopic (exact) mass is 501 g/mol. The van der Waals surface area contributed by atoms with Crippen molar-refractivity contribution in [3.63, 3.8) is 0 Å². The average Bonchev–Trinajstić information content (AvgIpc) is 2.95. The van der Waals surface area contributed by atoms with Crippen LogP contribution in [0.2, 0.25) is 0 Å². The van der Waals surface area contributed by atoms with Crippen LogP contribution in [0, 0.1) is 5.92 Å². The number of piperidine rings is 1. The van der Waals surface area contributed by atoms with Crippen molar-refractivity contribution in [3.8, 4) is 11.3 Å². The molecule has 0 aliphatic carbocycles. The Labute approximate surface area is 215 Å². The van der Waals surface area contributed by atoms with Crippen molar-refractivity contribution in [3.05, 3.63) is 89.0 Å². The Hall–Kier alpha value is -4.14. The first-order chi connectivity index (χ1) is 18.0. The van der Waals surface area contributed by atoms with Crippen LogP contribution in [0.3, 0.4) is 0 Å². The molecule has 37 heavy (non-hydrogen) atoms. The van der Waals surface area contributed by atoms with Crippen molar-refractivity contribution in [2.24, 2.45) is 5.92 Å². The second-order valence-corrected chi connectivity index (χ2v) is 9.69. The van der Waals surface area contributed by atoms with Crippen LogP contribution in [0.1, 0.15) is 24.4 Å². The number of amides is 3. The van der Waals surface area contributed by atoms with Gasteiger partial charge >= 0.3 is 12.1 Å². The second kappa shape index (κ2) is 10.9. The van der Waals surface area contributed by atoms with E-state index in [1.165, 1.54) is 4.90 Å². The molecule has 2 fully saturated rings. The van der Waals surface area contributed by atoms with Gasteiger partial charge in [-0.2, -0.15) is 0 Å². The number of urea groups is 1. The van der Waals surface area contributed by atoms with E-state index in [0.29, 0.717) is 38.4 Å². The van der Waals surface area contributed by atoms with Crippen LogP contribution in [0.15, 0.2) is 77.9 Å². The van der Waals surface area contributed by atoms with E-state index in [-0.39, 0.29) is 30.1 Å². The van der Waals surface area contributed by atoms with Crippen LogP contribution >= 0.6 is 0 Å². The molecule has 2 aromatic carbocycles. The van der Waals surface area contributed by atoms with Gasteiger partial charge in [-0.3, -0.25) is 9.36 Å². The quantitative estimate of drug-likeness (QED) is 0.587. The Kier molecular flexibility index (Phi) is 7.20. The van der Waals surface area contributed by atoms with Crippen molar-refractivity contribution in [2.45, 2.75) is 25.4 Å². The lowest BCUT2D eigenvalue weighted by molar-refractivity contribution is 0.0629. The van der Waals surface area contributed by atoms with Gasteiger partial charge in [0.1, 0.15) is 0 Å². The van der Waals surface area contributed by atoms with E-state index in [9.17, 15) is 19.5 Å². The number of carbonyl (C=O) groups is 2. The van der Waals surface area contributed by atoms with Gasteiger partial charge in [-0.1, -0.05) is 60.7 Å². The van der Waals surface area contributed by atoms with Gasteiger partial charge in [0.2, 0.25) is 0 Å². The predicted octanol–water partition coefficient (Wildman–Crippen LogP) is 3.78. The summed E-state index contributed by atoms with van der Waals surface area (Å²) in [6.07, 6.45) is 2.25. The number of hydrogen-bond acceptors (Lipinski definition) is 4. The molecule has 9 heteroatoms. The topological polar surface area (TPSA) is 99.0 Å². The zero-order chi connectivity index (χ0) is 25.8. The molecule has 9 nitrogen and oxygen atoms in total. The van der Waals surface area contributed by atoms with Crippen LogP contribution in [-0.2, 0) is 6.54 Å². The van der Waals surface area contributed by atoms with Gasteiger partial charge in [-0.25, -0.2) is 14.6 Å². The molecule has 0 bridgehead atoms. The van der Waals surface area contributed by atoms with Crippen LogP contribution in [-0.4, -0.2) is 74.2 Å². The Morgan fingerprint density at radius 3 is 2.22 bits per heavy atom. The highest BCUT2D eigenvalue weighted by Gasteiger charge is 2.36. The van der Waals surface area contributed by atoms with Gasteiger partial charge in [-0.15, -0.1) is 0 Å². The van der Waals surface area contributed by atoms with E-state index in [1.54, 1.807) is 17.0 Å². The summed E-state index contributed by atoms with van der Waals surface area (Å²) in [6, 6.07) is 20.5. The normalized spacial score (nSPS) is 18.6. The van der Waals surface area contributed by atoms with Crippen LogP contribution in [0.4, 0.5) is 9.59 Å². The highest BCUT2D eigenvalue weighted by Crippen LogP contribution is 2.28. The van der Waals surface area contributed by atoms with Gasteiger partial charge in [0, 0.05) is 50.9 Å². The Morgan fingerprint density at radius 2 is 1.57 bits per heavy atom. The Balaban J connectivity index is 1.21. The highest BCUT2D eigenvalue weighted by atomic mass is 16.4. The third kappa shape index (κ3) is 5.50. The number of carboxylic acid groups (broad SMARTS) is 1. The van der Waals surface area contributed by atoms with Crippen molar-refractivity contribution in [1.82, 2.24) is 24.3 Å². The number of piperazine rings is 1. The molecular formula is C28H31N5O4. The maximum Gasteiger partial charge on any atom is 0.407 e. The van der Waals surface area contributed by atoms with Gasteiger partial charge in [0.25, 0.3) is 5.56 Å². The summed E-state index contributed by atoms with van der Waals surface area (Å²) in [5.41, 5.74) is 2.44. The lowest BCUT2D eigenvalue weighted by Crippen LogP contribution is -2.56. The van der Waals surface area contributed by atoms with Crippen molar-refractivity contribution < 1.29 is 14.7 Å². The first-order valence-electron chi connectivity index (χ1n) is 12.7. The highest BCUT2D eigenvalue weighted by molar-refractivity contribution is 5.76. The van der Waals surface area contributed by atoms with E-state index >= 15 is 0 Å². The number of carbonyl (C=O) groups excluding carboxylic acids is 1. The van der Waals surface area contributed by atoms with E-state index in [1.807, 2.05) is 70.5 Å². The summed E-state index contributed by atoms with van der Waals surface area (Å²) < 4.78 is 1.66. The van der Waals surface area contributed by atoms with Crippen molar-refractivity contribution >= 4 is 12.1 Å². The molecule has 1 N–H and O–H groups in total. The lowest BCUT2D eigenvalue weighted by atomic mass is 9.96. The standard InChI is InChI=1S/C28H31N5O4/c34-26-17-24(22-7-3-1-4-8-22)29-20-32(26)18-21-11-13-30(14-12-21)27(35)33-16-15-31(28(36)37)19-25(33)23-9-5-2-6-10-23/h1-10,17,20-21,25H,11-16,18-19H2,(H,36,37)/t25-/m0/s1. The molecule has 0 spiro atoms. The van der Waals surface area contributed by atoms with Crippen LogP contribution in [0.5, 0.6) is 0 Å². The number of nitrogens with zero attached hydrogens (tertiary/aromatic N) is 5. The molecule has 2 saturated heterocycles. The van der Waals surface area contributed by atoms with E-state index < -0.39 is 6.09 Å². The van der Waals surface area contributed by atoms with Crippen molar-refractivity contribution in [1.29, 1.82) is 0 Å². The Morgan fingerprint density at radius 1 is 0.892 bits per heavy atom. The third-order valence-electron chi connectivity index (χ3n) is 7.37. The molecule has 1 atom stereocenters. The first-order valence-corrected chi connectivity index (χ1v) is 12.7. The summed E-state index contributed by atoms with van der Waals surface area (Å²) in [6.45, 7) is 2.71.